The van der Waals surface area contributed by atoms with Gasteiger partial charge in [-0.1, -0.05) is 34.4 Å². The number of anilines is 1. The Morgan fingerprint density at radius 1 is 1.07 bits per heavy atom. The number of thiophene rings is 1. The molecule has 2 amide bonds. The fourth-order valence-electron chi connectivity index (χ4n) is 5.26. The lowest BCUT2D eigenvalue weighted by Crippen LogP contribution is -2.42. The number of nitrogens with one attached hydrogen (secondary N) is 2. The second-order valence-corrected chi connectivity index (χ2v) is 12.0. The summed E-state index contributed by atoms with van der Waals surface area (Å²) < 4.78 is 43.1. The zero-order valence-electron chi connectivity index (χ0n) is 22.2. The normalized spacial score (nSPS) is 18.4. The molecule has 0 saturated heterocycles. The van der Waals surface area contributed by atoms with E-state index in [9.17, 15) is 22.8 Å². The zero-order valence-corrected chi connectivity index (χ0v) is 24.5. The number of aryl methyl sites for hydroxylation is 2. The van der Waals surface area contributed by atoms with E-state index >= 15 is 0 Å². The molecule has 0 bridgehead atoms. The van der Waals surface area contributed by atoms with E-state index in [1.807, 2.05) is 6.92 Å². The highest BCUT2D eigenvalue weighted by Crippen LogP contribution is 2.50. The Morgan fingerprint density at radius 3 is 2.44 bits per heavy atom. The van der Waals surface area contributed by atoms with Gasteiger partial charge in [0.05, 0.1) is 11.3 Å². The highest BCUT2D eigenvalue weighted by molar-refractivity contribution is 7.17. The molecule has 0 radical (unpaired) electrons. The minimum Gasteiger partial charge on any atom is -0.374 e. The van der Waals surface area contributed by atoms with E-state index in [1.54, 1.807) is 13.0 Å². The fraction of sp³-hybridized carbons (Fsp3) is 0.345. The third-order valence-electron chi connectivity index (χ3n) is 7.28. The van der Waals surface area contributed by atoms with Crippen LogP contribution >= 0.6 is 34.5 Å². The van der Waals surface area contributed by atoms with Gasteiger partial charge in [-0.2, -0.15) is 13.2 Å². The van der Waals surface area contributed by atoms with Gasteiger partial charge in [0.2, 0.25) is 0 Å². The molecule has 2 N–H and O–H groups in total. The van der Waals surface area contributed by atoms with Gasteiger partial charge in [-0.05, 0) is 86.6 Å². The van der Waals surface area contributed by atoms with Crippen LogP contribution in [0.2, 0.25) is 10.0 Å². The minimum atomic E-state index is -4.82. The molecule has 3 aromatic rings. The van der Waals surface area contributed by atoms with Gasteiger partial charge in [0.15, 0.2) is 0 Å². The van der Waals surface area contributed by atoms with Crippen molar-refractivity contribution in [2.75, 3.05) is 11.9 Å². The quantitative estimate of drug-likeness (QED) is 0.294. The Balaban J connectivity index is 1.40. The predicted molar refractivity (Wildman–Crippen MR) is 155 cm³/mol. The summed E-state index contributed by atoms with van der Waals surface area (Å²) in [6.45, 7) is 3.99. The number of rotatable bonds is 6. The third-order valence-corrected chi connectivity index (χ3v) is 8.93. The van der Waals surface area contributed by atoms with Crippen molar-refractivity contribution in [3.63, 3.8) is 0 Å². The molecule has 12 heteroatoms. The smallest absolute Gasteiger partial charge is 0.374 e. The lowest BCUT2D eigenvalue weighted by Gasteiger charge is -2.29. The second-order valence-electron chi connectivity index (χ2n) is 10.0. The SMILES string of the molecule is CCNC(=O)c1c(NC(=O)c2ccc(C3=NOC(c4cc(Cl)cc(Cl)c4)(C(F)(F)F)C3)cc2C)sc2c1CCCC2. The van der Waals surface area contributed by atoms with Gasteiger partial charge in [-0.3, -0.25) is 9.59 Å². The van der Waals surface area contributed by atoms with Crippen LogP contribution in [0.4, 0.5) is 18.2 Å². The lowest BCUT2D eigenvalue weighted by molar-refractivity contribution is -0.275. The number of hydrogen-bond acceptors (Lipinski definition) is 5. The van der Waals surface area contributed by atoms with Gasteiger partial charge in [-0.25, -0.2) is 0 Å². The molecule has 6 nitrogen and oxygen atoms in total. The zero-order chi connectivity index (χ0) is 29.5. The molecule has 2 heterocycles. The van der Waals surface area contributed by atoms with Gasteiger partial charge in [-0.15, -0.1) is 11.3 Å². The molecule has 5 rings (SSSR count). The average molecular weight is 625 g/mol. The molecule has 2 aromatic carbocycles. The summed E-state index contributed by atoms with van der Waals surface area (Å²) in [6.07, 6.45) is -1.76. The van der Waals surface area contributed by atoms with E-state index in [2.05, 4.69) is 15.8 Å². The van der Waals surface area contributed by atoms with Crippen molar-refractivity contribution in [2.24, 2.45) is 5.16 Å². The molecule has 0 fully saturated rings. The summed E-state index contributed by atoms with van der Waals surface area (Å²) in [5, 5.41) is 10.1. The van der Waals surface area contributed by atoms with Crippen molar-refractivity contribution in [3.8, 4) is 0 Å². The maximum Gasteiger partial charge on any atom is 0.435 e. The van der Waals surface area contributed by atoms with Crippen LogP contribution in [0.1, 0.15) is 74.0 Å². The Hall–Kier alpha value is -3.08. The third kappa shape index (κ3) is 5.57. The number of oxime groups is 1. The highest BCUT2D eigenvalue weighted by Gasteiger charge is 2.62. The van der Waals surface area contributed by atoms with Gasteiger partial charge < -0.3 is 15.5 Å². The highest BCUT2D eigenvalue weighted by atomic mass is 35.5. The number of nitrogens with zero attached hydrogens (tertiary/aromatic N) is 1. The number of carbonyl (C=O) groups is 2. The summed E-state index contributed by atoms with van der Waals surface area (Å²) in [4.78, 5) is 32.4. The van der Waals surface area contributed by atoms with Crippen molar-refractivity contribution < 1.29 is 27.6 Å². The van der Waals surface area contributed by atoms with Crippen LogP contribution in [0, 0.1) is 6.92 Å². The summed E-state index contributed by atoms with van der Waals surface area (Å²) in [7, 11) is 0. The van der Waals surface area contributed by atoms with E-state index in [1.165, 1.54) is 29.5 Å². The van der Waals surface area contributed by atoms with E-state index in [0.29, 0.717) is 33.8 Å². The predicted octanol–water partition coefficient (Wildman–Crippen LogP) is 7.83. The average Bonchev–Trinajstić information content (AvgIpc) is 3.51. The molecule has 216 valence electrons. The molecule has 1 aliphatic heterocycles. The molecule has 1 unspecified atom stereocenters. The Kier molecular flexibility index (Phi) is 8.11. The Bertz CT molecular complexity index is 1550. The summed E-state index contributed by atoms with van der Waals surface area (Å²) >= 11 is 13.4. The molecule has 1 atom stereocenters. The molecule has 0 spiro atoms. The van der Waals surface area contributed by atoms with Crippen LogP contribution in [0.3, 0.4) is 0 Å². The molecule has 1 aromatic heterocycles. The first-order valence-corrected chi connectivity index (χ1v) is 14.6. The van der Waals surface area contributed by atoms with Crippen molar-refractivity contribution >= 4 is 57.1 Å². The fourth-order valence-corrected chi connectivity index (χ4v) is 7.06. The molecule has 41 heavy (non-hydrogen) atoms. The standard InChI is InChI=1S/C29H26Cl2F3N3O3S/c1-3-35-26(39)24-21-6-4-5-7-23(21)41-27(24)36-25(38)20-9-8-16(10-15(20)2)22-14-28(40-37-22,29(32,33)34)17-11-18(30)13-19(31)12-17/h8-13H,3-7,14H2,1-2H3,(H,35,39)(H,36,38). The Morgan fingerprint density at radius 2 is 1.78 bits per heavy atom. The van der Waals surface area contributed by atoms with Crippen LogP contribution in [-0.2, 0) is 23.3 Å². The van der Waals surface area contributed by atoms with Gasteiger partial charge >= 0.3 is 6.18 Å². The van der Waals surface area contributed by atoms with Crippen molar-refractivity contribution in [3.05, 3.63) is 84.7 Å². The number of amides is 2. The number of hydrogen-bond donors (Lipinski definition) is 2. The topological polar surface area (TPSA) is 79.8 Å². The first-order valence-electron chi connectivity index (χ1n) is 13.1. The van der Waals surface area contributed by atoms with E-state index in [-0.39, 0.29) is 27.2 Å². The van der Waals surface area contributed by atoms with E-state index < -0.39 is 24.1 Å². The monoisotopic (exact) mass is 623 g/mol. The van der Waals surface area contributed by atoms with Crippen LogP contribution in [0.5, 0.6) is 0 Å². The molecular weight excluding hydrogens is 598 g/mol. The maximum absolute atomic E-state index is 14.4. The first kappa shape index (κ1) is 29.4. The van der Waals surface area contributed by atoms with Crippen molar-refractivity contribution in [2.45, 2.75) is 57.7 Å². The molecule has 0 saturated carbocycles. The Labute approximate surface area is 248 Å². The summed E-state index contributed by atoms with van der Waals surface area (Å²) in [6, 6.07) is 8.33. The van der Waals surface area contributed by atoms with Crippen molar-refractivity contribution in [1.29, 1.82) is 0 Å². The van der Waals surface area contributed by atoms with E-state index in [4.69, 9.17) is 28.0 Å². The van der Waals surface area contributed by atoms with Gasteiger partial charge in [0, 0.05) is 39.0 Å². The number of halogens is 5. The second kappa shape index (κ2) is 11.3. The van der Waals surface area contributed by atoms with Gasteiger partial charge in [0.1, 0.15) is 5.00 Å². The number of alkyl halides is 3. The number of benzene rings is 2. The van der Waals surface area contributed by atoms with E-state index in [0.717, 1.165) is 48.3 Å². The largest absolute Gasteiger partial charge is 0.435 e. The van der Waals surface area contributed by atoms with Gasteiger partial charge in [0.25, 0.3) is 17.4 Å². The summed E-state index contributed by atoms with van der Waals surface area (Å²) in [5.74, 6) is -0.635. The van der Waals surface area contributed by atoms with Crippen molar-refractivity contribution in [1.82, 2.24) is 5.32 Å². The molecule has 2 aliphatic rings. The van der Waals surface area contributed by atoms with Crippen LogP contribution in [-0.4, -0.2) is 30.2 Å². The number of fused-ring (bicyclic) bond motifs is 1. The summed E-state index contributed by atoms with van der Waals surface area (Å²) in [5.41, 5.74) is -0.209. The molecule has 1 aliphatic carbocycles. The molecular formula is C29H26Cl2F3N3O3S. The van der Waals surface area contributed by atoms with Crippen LogP contribution in [0.15, 0.2) is 41.6 Å². The first-order chi connectivity index (χ1) is 19.4. The maximum atomic E-state index is 14.4. The lowest BCUT2D eigenvalue weighted by atomic mass is 9.86. The number of carbonyl (C=O) groups excluding carboxylic acids is 2. The van der Waals surface area contributed by atoms with Crippen LogP contribution < -0.4 is 10.6 Å². The van der Waals surface area contributed by atoms with Crippen LogP contribution in [0.25, 0.3) is 0 Å². The minimum absolute atomic E-state index is 0.0429.